The summed E-state index contributed by atoms with van der Waals surface area (Å²) in [7, 11) is 0. The van der Waals surface area contributed by atoms with Crippen molar-refractivity contribution in [1.29, 1.82) is 0 Å². The van der Waals surface area contributed by atoms with Gasteiger partial charge in [0.05, 0.1) is 6.04 Å². The third-order valence-corrected chi connectivity index (χ3v) is 5.17. The van der Waals surface area contributed by atoms with E-state index in [1.807, 2.05) is 18.2 Å². The van der Waals surface area contributed by atoms with Crippen LogP contribution in [0, 0.1) is 5.92 Å². The van der Waals surface area contributed by atoms with Crippen LogP contribution in [0.5, 0.6) is 5.75 Å². The molecule has 0 spiro atoms. The number of fused-ring (bicyclic) bond motifs is 1. The lowest BCUT2D eigenvalue weighted by molar-refractivity contribution is 0.204. The summed E-state index contributed by atoms with van der Waals surface area (Å²) in [4.78, 5) is 5.73. The second-order valence-electron chi connectivity index (χ2n) is 5.55. The first-order valence-corrected chi connectivity index (χ1v) is 8.25. The summed E-state index contributed by atoms with van der Waals surface area (Å²) in [5.74, 6) is 3.57. The summed E-state index contributed by atoms with van der Waals surface area (Å²) < 4.78 is 11.4. The Morgan fingerprint density at radius 1 is 1.33 bits per heavy atom. The van der Waals surface area contributed by atoms with Gasteiger partial charge in [-0.1, -0.05) is 24.2 Å². The molecule has 6 heteroatoms. The van der Waals surface area contributed by atoms with E-state index in [9.17, 15) is 0 Å². The van der Waals surface area contributed by atoms with E-state index in [-0.39, 0.29) is 12.1 Å². The number of hydrogen-bond acceptors (Lipinski definition) is 6. The quantitative estimate of drug-likeness (QED) is 0.920. The zero-order valence-corrected chi connectivity index (χ0v) is 12.6. The summed E-state index contributed by atoms with van der Waals surface area (Å²) in [6.07, 6.45) is 1.00. The fourth-order valence-corrected chi connectivity index (χ4v) is 3.80. The number of aromatic nitrogens is 2. The van der Waals surface area contributed by atoms with Gasteiger partial charge in [0.1, 0.15) is 5.75 Å². The van der Waals surface area contributed by atoms with Gasteiger partial charge in [-0.25, -0.2) is 0 Å². The summed E-state index contributed by atoms with van der Waals surface area (Å²) >= 11 is 1.77. The number of thioether (sulfide) groups is 1. The Morgan fingerprint density at radius 3 is 3.10 bits per heavy atom. The molecule has 1 saturated heterocycles. The molecule has 2 aromatic rings. The van der Waals surface area contributed by atoms with Crippen molar-refractivity contribution in [3.63, 3.8) is 0 Å². The molecule has 1 aromatic carbocycles. The molecule has 0 radical (unpaired) electrons. The predicted octanol–water partition coefficient (Wildman–Crippen LogP) is 2.97. The number of hydrogen-bond donors (Lipinski definition) is 1. The second kappa shape index (κ2) is 5.35. The zero-order chi connectivity index (χ0) is 14.2. The Bertz CT molecular complexity index is 645. The van der Waals surface area contributed by atoms with Crippen molar-refractivity contribution >= 4 is 11.8 Å². The van der Waals surface area contributed by atoms with Crippen LogP contribution in [0.1, 0.15) is 37.2 Å². The highest BCUT2D eigenvalue weighted by Crippen LogP contribution is 2.39. The minimum Gasteiger partial charge on any atom is -0.480 e. The number of ether oxygens (including phenoxy) is 1. The highest BCUT2D eigenvalue weighted by Gasteiger charge is 2.32. The molecule has 4 rings (SSSR count). The molecule has 21 heavy (non-hydrogen) atoms. The average Bonchev–Trinajstić information content (AvgIpc) is 3.15. The maximum Gasteiger partial charge on any atom is 0.244 e. The number of rotatable bonds is 2. The van der Waals surface area contributed by atoms with Gasteiger partial charge < -0.3 is 14.6 Å². The van der Waals surface area contributed by atoms with Gasteiger partial charge in [-0.15, -0.1) is 11.8 Å². The molecule has 0 aliphatic carbocycles. The van der Waals surface area contributed by atoms with Gasteiger partial charge in [0, 0.05) is 10.6 Å². The molecule has 2 aliphatic heterocycles. The number of nitrogens with one attached hydrogen (secondary N) is 1. The maximum absolute atomic E-state index is 5.99. The summed E-state index contributed by atoms with van der Waals surface area (Å²) in [6, 6.07) is 8.23. The molecular formula is C15H17N3O2S. The highest BCUT2D eigenvalue weighted by atomic mass is 32.2. The second-order valence-corrected chi connectivity index (χ2v) is 6.61. The standard InChI is InChI=1S/C15H17N3O2S/c1-9-6-7-16-13(9)15-17-14(18-20-15)11-8-21-12-5-3-2-4-10(12)19-11/h2-5,9,11,13,16H,6-8H2,1H3. The van der Waals surface area contributed by atoms with Crippen LogP contribution in [-0.4, -0.2) is 22.4 Å². The smallest absolute Gasteiger partial charge is 0.244 e. The van der Waals surface area contributed by atoms with E-state index < -0.39 is 0 Å². The van der Waals surface area contributed by atoms with Crippen LogP contribution in [0.4, 0.5) is 0 Å². The zero-order valence-electron chi connectivity index (χ0n) is 11.8. The first-order chi connectivity index (χ1) is 10.3. The van der Waals surface area contributed by atoms with Crippen LogP contribution in [0.3, 0.4) is 0 Å². The lowest BCUT2D eigenvalue weighted by atomic mass is 10.0. The summed E-state index contributed by atoms with van der Waals surface area (Å²) in [5, 5.41) is 7.54. The fraction of sp³-hybridized carbons (Fsp3) is 0.467. The maximum atomic E-state index is 5.99. The van der Waals surface area contributed by atoms with E-state index in [0.717, 1.165) is 24.5 Å². The number of para-hydroxylation sites is 1. The van der Waals surface area contributed by atoms with Crippen molar-refractivity contribution < 1.29 is 9.26 Å². The number of nitrogens with zero attached hydrogens (tertiary/aromatic N) is 2. The van der Waals surface area contributed by atoms with E-state index in [2.05, 4.69) is 28.4 Å². The van der Waals surface area contributed by atoms with Gasteiger partial charge in [-0.3, -0.25) is 0 Å². The molecule has 1 aromatic heterocycles. The van der Waals surface area contributed by atoms with E-state index in [1.54, 1.807) is 11.8 Å². The SMILES string of the molecule is CC1CCNC1c1nc(C2CSc3ccccc3O2)no1. The van der Waals surface area contributed by atoms with Crippen molar-refractivity contribution in [2.45, 2.75) is 30.4 Å². The molecule has 0 amide bonds. The van der Waals surface area contributed by atoms with Crippen molar-refractivity contribution in [3.05, 3.63) is 36.0 Å². The van der Waals surface area contributed by atoms with E-state index in [0.29, 0.717) is 17.6 Å². The minimum atomic E-state index is -0.140. The first-order valence-electron chi connectivity index (χ1n) is 7.26. The molecule has 2 aliphatic rings. The Labute approximate surface area is 127 Å². The summed E-state index contributed by atoms with van der Waals surface area (Å²) in [6.45, 7) is 3.21. The first kappa shape index (κ1) is 13.2. The molecule has 3 atom stereocenters. The Kier molecular flexibility index (Phi) is 3.35. The van der Waals surface area contributed by atoms with Crippen molar-refractivity contribution in [3.8, 4) is 5.75 Å². The van der Waals surface area contributed by atoms with Crippen LogP contribution >= 0.6 is 11.8 Å². The lowest BCUT2D eigenvalue weighted by Gasteiger charge is -2.22. The van der Waals surface area contributed by atoms with Gasteiger partial charge in [0.15, 0.2) is 6.10 Å². The van der Waals surface area contributed by atoms with Gasteiger partial charge in [0.25, 0.3) is 0 Å². The predicted molar refractivity (Wildman–Crippen MR) is 79.4 cm³/mol. The van der Waals surface area contributed by atoms with Crippen LogP contribution < -0.4 is 10.1 Å². The van der Waals surface area contributed by atoms with Crippen molar-refractivity contribution in [1.82, 2.24) is 15.5 Å². The molecule has 3 heterocycles. The van der Waals surface area contributed by atoms with E-state index in [4.69, 9.17) is 9.26 Å². The molecule has 0 saturated carbocycles. The molecule has 3 unspecified atom stereocenters. The third-order valence-electron chi connectivity index (χ3n) is 4.05. The Balaban J connectivity index is 1.54. The lowest BCUT2D eigenvalue weighted by Crippen LogP contribution is -2.18. The topological polar surface area (TPSA) is 60.2 Å². The molecule has 5 nitrogen and oxygen atoms in total. The summed E-state index contributed by atoms with van der Waals surface area (Å²) in [5.41, 5.74) is 0. The minimum absolute atomic E-state index is 0.140. The number of benzene rings is 1. The van der Waals surface area contributed by atoms with Crippen molar-refractivity contribution in [2.24, 2.45) is 5.92 Å². The molecule has 110 valence electrons. The van der Waals surface area contributed by atoms with E-state index >= 15 is 0 Å². The van der Waals surface area contributed by atoms with Crippen LogP contribution in [0.2, 0.25) is 0 Å². The molecule has 1 fully saturated rings. The van der Waals surface area contributed by atoms with Gasteiger partial charge >= 0.3 is 0 Å². The van der Waals surface area contributed by atoms with Crippen molar-refractivity contribution in [2.75, 3.05) is 12.3 Å². The van der Waals surface area contributed by atoms with Crippen LogP contribution in [0.25, 0.3) is 0 Å². The van der Waals surface area contributed by atoms with Gasteiger partial charge in [-0.05, 0) is 31.0 Å². The van der Waals surface area contributed by atoms with Gasteiger partial charge in [-0.2, -0.15) is 4.98 Å². The third kappa shape index (κ3) is 2.42. The van der Waals surface area contributed by atoms with Crippen LogP contribution in [0.15, 0.2) is 33.7 Å². The molecular weight excluding hydrogens is 286 g/mol. The largest absolute Gasteiger partial charge is 0.480 e. The van der Waals surface area contributed by atoms with E-state index in [1.165, 1.54) is 4.90 Å². The average molecular weight is 303 g/mol. The molecule has 0 bridgehead atoms. The molecule has 1 N–H and O–H groups in total. The highest BCUT2D eigenvalue weighted by molar-refractivity contribution is 7.99. The fourth-order valence-electron chi connectivity index (χ4n) is 2.82. The Hall–Kier alpha value is -1.53. The Morgan fingerprint density at radius 2 is 2.24 bits per heavy atom. The van der Waals surface area contributed by atoms with Gasteiger partial charge in [0.2, 0.25) is 11.7 Å². The normalized spacial score (nSPS) is 28.1. The monoisotopic (exact) mass is 303 g/mol. The van der Waals surface area contributed by atoms with Crippen LogP contribution in [-0.2, 0) is 0 Å².